The molecule has 0 radical (unpaired) electrons. The van der Waals surface area contributed by atoms with Gasteiger partial charge in [0.25, 0.3) is 0 Å². The number of nitrogens with zero attached hydrogens (tertiary/aromatic N) is 1. The Kier molecular flexibility index (Phi) is 5.74. The van der Waals surface area contributed by atoms with Crippen molar-refractivity contribution in [1.82, 2.24) is 15.6 Å². The first-order valence-electron chi connectivity index (χ1n) is 5.82. The Morgan fingerprint density at radius 1 is 1.42 bits per heavy atom. The van der Waals surface area contributed by atoms with Crippen LogP contribution in [-0.4, -0.2) is 39.8 Å². The average Bonchev–Trinajstić information content (AvgIpc) is 2.37. The Bertz CT molecular complexity index is 433. The van der Waals surface area contributed by atoms with Crippen molar-refractivity contribution in [1.29, 1.82) is 0 Å². The standard InChI is InChI=1S/C12H17N3O4/c1-8-2-3-9(6-13-8)7-14-12(19)15-10(4-5-16)11(17)18/h2-3,6,10,16H,4-5,7H2,1H3,(H,17,18)(H2,14,15,19)/t10-/m0/s1. The summed E-state index contributed by atoms with van der Waals surface area (Å²) in [4.78, 5) is 26.3. The second kappa shape index (κ2) is 7.32. The van der Waals surface area contributed by atoms with Crippen LogP contribution in [-0.2, 0) is 11.3 Å². The van der Waals surface area contributed by atoms with Crippen molar-refractivity contribution < 1.29 is 19.8 Å². The first kappa shape index (κ1) is 14.9. The SMILES string of the molecule is Cc1ccc(CNC(=O)N[C@@H](CCO)C(=O)O)cn1. The molecule has 2 amide bonds. The summed E-state index contributed by atoms with van der Waals surface area (Å²) >= 11 is 0. The Labute approximate surface area is 110 Å². The summed E-state index contributed by atoms with van der Waals surface area (Å²) in [6.45, 7) is 1.81. The number of carbonyl (C=O) groups is 2. The third kappa shape index (κ3) is 5.35. The summed E-state index contributed by atoms with van der Waals surface area (Å²) in [5.74, 6) is -1.18. The van der Waals surface area contributed by atoms with Gasteiger partial charge in [0.1, 0.15) is 6.04 Å². The van der Waals surface area contributed by atoms with Gasteiger partial charge in [0.05, 0.1) is 0 Å². The van der Waals surface area contributed by atoms with Gasteiger partial charge in [0, 0.05) is 31.5 Å². The minimum Gasteiger partial charge on any atom is -0.480 e. The smallest absolute Gasteiger partial charge is 0.326 e. The molecule has 0 unspecified atom stereocenters. The van der Waals surface area contributed by atoms with E-state index in [2.05, 4.69) is 15.6 Å². The van der Waals surface area contributed by atoms with E-state index in [4.69, 9.17) is 10.2 Å². The highest BCUT2D eigenvalue weighted by Crippen LogP contribution is 1.98. The number of carbonyl (C=O) groups excluding carboxylic acids is 1. The van der Waals surface area contributed by atoms with E-state index in [1.807, 2.05) is 19.1 Å². The number of carboxylic acid groups (broad SMARTS) is 1. The largest absolute Gasteiger partial charge is 0.480 e. The van der Waals surface area contributed by atoms with Gasteiger partial charge >= 0.3 is 12.0 Å². The number of hydrogen-bond donors (Lipinski definition) is 4. The first-order chi connectivity index (χ1) is 9.02. The first-order valence-corrected chi connectivity index (χ1v) is 5.82. The zero-order valence-corrected chi connectivity index (χ0v) is 10.6. The number of aromatic nitrogens is 1. The van der Waals surface area contributed by atoms with Crippen molar-refractivity contribution >= 4 is 12.0 Å². The molecule has 19 heavy (non-hydrogen) atoms. The van der Waals surface area contributed by atoms with Gasteiger partial charge in [-0.3, -0.25) is 4.98 Å². The van der Waals surface area contributed by atoms with Gasteiger partial charge in [0.2, 0.25) is 0 Å². The summed E-state index contributed by atoms with van der Waals surface area (Å²) in [5.41, 5.74) is 1.69. The van der Waals surface area contributed by atoms with Crippen LogP contribution in [0.3, 0.4) is 0 Å². The van der Waals surface area contributed by atoms with E-state index in [-0.39, 0.29) is 19.6 Å². The number of aryl methyl sites for hydroxylation is 1. The molecule has 1 aromatic heterocycles. The Morgan fingerprint density at radius 2 is 2.16 bits per heavy atom. The van der Waals surface area contributed by atoms with Gasteiger partial charge in [-0.1, -0.05) is 6.07 Å². The van der Waals surface area contributed by atoms with Crippen LogP contribution in [0.15, 0.2) is 18.3 Å². The predicted octanol–water partition coefficient (Wildman–Crippen LogP) is 0.0248. The summed E-state index contributed by atoms with van der Waals surface area (Å²) in [5, 5.41) is 22.3. The van der Waals surface area contributed by atoms with E-state index in [1.54, 1.807) is 6.20 Å². The van der Waals surface area contributed by atoms with Crippen LogP contribution in [0.4, 0.5) is 4.79 Å². The van der Waals surface area contributed by atoms with Crippen LogP contribution in [0, 0.1) is 6.92 Å². The van der Waals surface area contributed by atoms with Crippen molar-refractivity contribution in [3.05, 3.63) is 29.6 Å². The molecule has 0 saturated heterocycles. The highest BCUT2D eigenvalue weighted by Gasteiger charge is 2.18. The molecule has 7 heteroatoms. The minimum absolute atomic E-state index is 0.0329. The number of urea groups is 1. The van der Waals surface area contributed by atoms with Crippen LogP contribution >= 0.6 is 0 Å². The van der Waals surface area contributed by atoms with Gasteiger partial charge in [0.15, 0.2) is 0 Å². The zero-order valence-electron chi connectivity index (χ0n) is 10.6. The van der Waals surface area contributed by atoms with E-state index in [0.717, 1.165) is 11.3 Å². The number of nitrogens with one attached hydrogen (secondary N) is 2. The number of aliphatic hydroxyl groups excluding tert-OH is 1. The monoisotopic (exact) mass is 267 g/mol. The second-order valence-electron chi connectivity index (χ2n) is 4.04. The van der Waals surface area contributed by atoms with Gasteiger partial charge in [-0.15, -0.1) is 0 Å². The fraction of sp³-hybridized carbons (Fsp3) is 0.417. The fourth-order valence-electron chi connectivity index (χ4n) is 1.38. The van der Waals surface area contributed by atoms with Crippen molar-refractivity contribution in [2.75, 3.05) is 6.61 Å². The third-order valence-electron chi connectivity index (χ3n) is 2.45. The molecule has 0 aliphatic rings. The molecule has 0 bridgehead atoms. The highest BCUT2D eigenvalue weighted by atomic mass is 16.4. The number of aliphatic hydroxyl groups is 1. The Hall–Kier alpha value is -2.15. The number of amides is 2. The molecule has 0 aromatic carbocycles. The summed E-state index contributed by atoms with van der Waals surface area (Å²) in [6.07, 6.45) is 1.60. The van der Waals surface area contributed by atoms with Crippen LogP contribution in [0.25, 0.3) is 0 Å². The molecule has 1 atom stereocenters. The molecule has 1 aromatic rings. The lowest BCUT2D eigenvalue weighted by atomic mass is 10.2. The molecule has 1 rings (SSSR count). The quantitative estimate of drug-likeness (QED) is 0.581. The Morgan fingerprint density at radius 3 is 2.68 bits per heavy atom. The number of pyridine rings is 1. The minimum atomic E-state index is -1.18. The number of aliphatic carboxylic acids is 1. The molecule has 1 heterocycles. The lowest BCUT2D eigenvalue weighted by Crippen LogP contribution is -2.46. The average molecular weight is 267 g/mol. The van der Waals surface area contributed by atoms with Gasteiger partial charge in [-0.2, -0.15) is 0 Å². The second-order valence-corrected chi connectivity index (χ2v) is 4.04. The van der Waals surface area contributed by atoms with Crippen LogP contribution in [0.1, 0.15) is 17.7 Å². The lowest BCUT2D eigenvalue weighted by molar-refractivity contribution is -0.139. The molecule has 0 saturated carbocycles. The molecular formula is C12H17N3O4. The van der Waals surface area contributed by atoms with Gasteiger partial charge in [-0.05, 0) is 18.6 Å². The van der Waals surface area contributed by atoms with Gasteiger partial charge in [-0.25, -0.2) is 9.59 Å². The molecule has 104 valence electrons. The third-order valence-corrected chi connectivity index (χ3v) is 2.45. The van der Waals surface area contributed by atoms with E-state index in [1.165, 1.54) is 0 Å². The highest BCUT2D eigenvalue weighted by molar-refractivity contribution is 5.82. The van der Waals surface area contributed by atoms with Crippen molar-refractivity contribution in [2.24, 2.45) is 0 Å². The van der Waals surface area contributed by atoms with E-state index in [0.29, 0.717) is 0 Å². The Balaban J connectivity index is 2.42. The summed E-state index contributed by atoms with van der Waals surface area (Å²) < 4.78 is 0. The summed E-state index contributed by atoms with van der Waals surface area (Å²) in [6, 6.07) is 1.95. The van der Waals surface area contributed by atoms with Crippen molar-refractivity contribution in [2.45, 2.75) is 25.9 Å². The maximum atomic E-state index is 11.5. The van der Waals surface area contributed by atoms with Gasteiger partial charge < -0.3 is 20.8 Å². The molecule has 0 fully saturated rings. The van der Waals surface area contributed by atoms with E-state index in [9.17, 15) is 9.59 Å². The maximum absolute atomic E-state index is 11.5. The fourth-order valence-corrected chi connectivity index (χ4v) is 1.38. The molecule has 0 aliphatic carbocycles. The molecule has 4 N–H and O–H groups in total. The van der Waals surface area contributed by atoms with Crippen LogP contribution in [0.5, 0.6) is 0 Å². The number of rotatable bonds is 6. The van der Waals surface area contributed by atoms with Crippen molar-refractivity contribution in [3.63, 3.8) is 0 Å². The van der Waals surface area contributed by atoms with Crippen LogP contribution < -0.4 is 10.6 Å². The zero-order chi connectivity index (χ0) is 14.3. The van der Waals surface area contributed by atoms with E-state index >= 15 is 0 Å². The lowest BCUT2D eigenvalue weighted by Gasteiger charge is -2.13. The number of carboxylic acids is 1. The molecule has 0 spiro atoms. The number of hydrogen-bond acceptors (Lipinski definition) is 4. The van der Waals surface area contributed by atoms with Crippen LogP contribution in [0.2, 0.25) is 0 Å². The molecular weight excluding hydrogens is 250 g/mol. The molecule has 0 aliphatic heterocycles. The predicted molar refractivity (Wildman–Crippen MR) is 67.5 cm³/mol. The normalized spacial score (nSPS) is 11.7. The molecule has 7 nitrogen and oxygen atoms in total. The van der Waals surface area contributed by atoms with E-state index < -0.39 is 18.0 Å². The summed E-state index contributed by atoms with van der Waals surface area (Å²) in [7, 11) is 0. The topological polar surface area (TPSA) is 112 Å². The maximum Gasteiger partial charge on any atom is 0.326 e. The van der Waals surface area contributed by atoms with Crippen molar-refractivity contribution in [3.8, 4) is 0 Å².